The van der Waals surface area contributed by atoms with Crippen LogP contribution in [0.15, 0.2) is 54.6 Å². The number of aryl methyl sites for hydroxylation is 1. The third kappa shape index (κ3) is 7.02. The van der Waals surface area contributed by atoms with Crippen LogP contribution in [0.3, 0.4) is 0 Å². The Morgan fingerprint density at radius 2 is 1.57 bits per heavy atom. The van der Waals surface area contributed by atoms with Crippen LogP contribution in [0.5, 0.6) is 5.75 Å². The quantitative estimate of drug-likeness (QED) is 0.450. The second-order valence-electron chi connectivity index (χ2n) is 6.03. The number of carboxylic acid groups (broad SMARTS) is 1. The van der Waals surface area contributed by atoms with Crippen LogP contribution in [-0.4, -0.2) is 17.3 Å². The molecule has 0 aliphatic carbocycles. The number of benzene rings is 2. The summed E-state index contributed by atoms with van der Waals surface area (Å²) in [4.78, 5) is 10.4. The van der Waals surface area contributed by atoms with Crippen LogP contribution in [0.1, 0.15) is 29.5 Å². The fourth-order valence-corrected chi connectivity index (χ4v) is 2.38. The van der Waals surface area contributed by atoms with E-state index in [0.29, 0.717) is 11.1 Å². The molecule has 1 N–H and O–H groups in total. The lowest BCUT2D eigenvalue weighted by Gasteiger charge is -2.18. The summed E-state index contributed by atoms with van der Waals surface area (Å²) in [5, 5.41) is 8.55. The highest BCUT2D eigenvalue weighted by atomic mass is 19.4. The van der Waals surface area contributed by atoms with E-state index in [0.717, 1.165) is 18.2 Å². The first-order valence-corrected chi connectivity index (χ1v) is 8.29. The maximum Gasteiger partial charge on any atom is 0.426 e. The summed E-state index contributed by atoms with van der Waals surface area (Å²) in [6.45, 7) is 0. The molecule has 0 radical (unpaired) electrons. The lowest BCUT2D eigenvalue weighted by molar-refractivity contribution is -0.185. The van der Waals surface area contributed by atoms with Crippen molar-refractivity contribution in [2.45, 2.75) is 31.5 Å². The van der Waals surface area contributed by atoms with E-state index in [-0.39, 0.29) is 18.6 Å². The Hall–Kier alpha value is -2.90. The van der Waals surface area contributed by atoms with Gasteiger partial charge in [-0.25, -0.2) is 4.79 Å². The lowest BCUT2D eigenvalue weighted by atomic mass is 10.1. The molecule has 0 amide bonds. The topological polar surface area (TPSA) is 46.5 Å². The molecule has 0 saturated carbocycles. The molecule has 0 heterocycles. The number of rotatable bonds is 8. The van der Waals surface area contributed by atoms with E-state index in [1.165, 1.54) is 42.5 Å². The Morgan fingerprint density at radius 1 is 0.964 bits per heavy atom. The Labute approximate surface area is 158 Å². The highest BCUT2D eigenvalue weighted by molar-refractivity contribution is 5.85. The van der Waals surface area contributed by atoms with Gasteiger partial charge in [-0.3, -0.25) is 0 Å². The molecule has 2 rings (SSSR count). The Balaban J connectivity index is 1.99. The summed E-state index contributed by atoms with van der Waals surface area (Å²) in [6.07, 6.45) is -6.55. The fraction of sp³-hybridized carbons (Fsp3) is 0.250. The third-order valence-corrected chi connectivity index (χ3v) is 3.76. The number of halogens is 5. The monoisotopic (exact) mass is 400 g/mol. The summed E-state index contributed by atoms with van der Waals surface area (Å²) in [7, 11) is 0. The zero-order chi connectivity index (χ0) is 20.8. The normalized spacial score (nSPS) is 12.3. The van der Waals surface area contributed by atoms with E-state index in [9.17, 15) is 26.7 Å². The van der Waals surface area contributed by atoms with Crippen molar-refractivity contribution in [2.75, 3.05) is 0 Å². The number of hydrogen-bond donors (Lipinski definition) is 1. The number of carboxylic acids is 1. The predicted molar refractivity (Wildman–Crippen MR) is 93.1 cm³/mol. The molecule has 8 heteroatoms. The smallest absolute Gasteiger partial charge is 0.426 e. The first-order chi connectivity index (χ1) is 13.0. The largest absolute Gasteiger partial charge is 0.478 e. The molecule has 0 aromatic heterocycles. The van der Waals surface area contributed by atoms with Gasteiger partial charge in [0.2, 0.25) is 0 Å². The minimum Gasteiger partial charge on any atom is -0.478 e. The minimum atomic E-state index is -4.24. The Kier molecular flexibility index (Phi) is 6.77. The molecular formula is C20H17F5O3. The summed E-state index contributed by atoms with van der Waals surface area (Å²) < 4.78 is 69.7. The van der Waals surface area contributed by atoms with Gasteiger partial charge in [-0.1, -0.05) is 24.3 Å². The van der Waals surface area contributed by atoms with Crippen molar-refractivity contribution < 1.29 is 36.6 Å². The molecule has 0 saturated heterocycles. The van der Waals surface area contributed by atoms with Crippen LogP contribution in [0, 0.1) is 0 Å². The highest BCUT2D eigenvalue weighted by Crippen LogP contribution is 2.32. The molecular weight excluding hydrogens is 383 g/mol. The Morgan fingerprint density at radius 3 is 2.11 bits per heavy atom. The molecule has 0 aliphatic rings. The number of ether oxygens (including phenoxy) is 1. The third-order valence-electron chi connectivity index (χ3n) is 3.76. The van der Waals surface area contributed by atoms with E-state index in [4.69, 9.17) is 9.84 Å². The maximum absolute atomic E-state index is 14.3. The van der Waals surface area contributed by atoms with Crippen molar-refractivity contribution in [3.63, 3.8) is 0 Å². The van der Waals surface area contributed by atoms with E-state index in [1.807, 2.05) is 0 Å². The molecule has 150 valence electrons. The molecule has 3 nitrogen and oxygen atoms in total. The van der Waals surface area contributed by atoms with Gasteiger partial charge in [-0.15, -0.1) is 0 Å². The van der Waals surface area contributed by atoms with Gasteiger partial charge < -0.3 is 9.84 Å². The SMILES string of the molecule is O=C(O)/C=C/c1ccc(OC(F)(F)c2ccc(CCCC(F)(F)F)cc2)cc1. The van der Waals surface area contributed by atoms with Crippen LogP contribution >= 0.6 is 0 Å². The van der Waals surface area contributed by atoms with E-state index in [2.05, 4.69) is 0 Å². The van der Waals surface area contributed by atoms with Crippen LogP contribution in [0.4, 0.5) is 22.0 Å². The summed E-state index contributed by atoms with van der Waals surface area (Å²) >= 11 is 0. The molecule has 2 aromatic carbocycles. The number of aliphatic carboxylic acids is 1. The van der Waals surface area contributed by atoms with Crippen LogP contribution in [0.25, 0.3) is 6.08 Å². The zero-order valence-corrected chi connectivity index (χ0v) is 14.5. The van der Waals surface area contributed by atoms with Gasteiger partial charge in [0.15, 0.2) is 0 Å². The first-order valence-electron chi connectivity index (χ1n) is 8.29. The van der Waals surface area contributed by atoms with Gasteiger partial charge in [-0.2, -0.15) is 22.0 Å². The number of alkyl halides is 5. The molecule has 0 fully saturated rings. The van der Waals surface area contributed by atoms with E-state index in [1.54, 1.807) is 0 Å². The number of hydrogen-bond acceptors (Lipinski definition) is 2. The summed E-state index contributed by atoms with van der Waals surface area (Å²) in [6, 6.07) is 10.3. The van der Waals surface area contributed by atoms with Crippen LogP contribution in [0.2, 0.25) is 0 Å². The fourth-order valence-electron chi connectivity index (χ4n) is 2.38. The van der Waals surface area contributed by atoms with Crippen LogP contribution in [-0.2, 0) is 17.3 Å². The van der Waals surface area contributed by atoms with Crippen molar-refractivity contribution in [1.82, 2.24) is 0 Å². The van der Waals surface area contributed by atoms with Crippen molar-refractivity contribution >= 4 is 12.0 Å². The molecule has 0 bridgehead atoms. The van der Waals surface area contributed by atoms with Crippen molar-refractivity contribution in [3.05, 3.63) is 71.3 Å². The second kappa shape index (κ2) is 8.86. The standard InChI is InChI=1S/C20H17F5O3/c21-19(22,23)13-1-2-14-3-8-16(9-4-14)20(24,25)28-17-10-5-15(6-11-17)7-12-18(26)27/h3-12H,1-2,13H2,(H,26,27)/b12-7+. The highest BCUT2D eigenvalue weighted by Gasteiger charge is 2.34. The van der Waals surface area contributed by atoms with Crippen molar-refractivity contribution in [2.24, 2.45) is 0 Å². The molecule has 0 spiro atoms. The van der Waals surface area contributed by atoms with Gasteiger partial charge in [0, 0.05) is 12.5 Å². The van der Waals surface area contributed by atoms with Gasteiger partial charge in [0.05, 0.1) is 5.56 Å². The van der Waals surface area contributed by atoms with Gasteiger partial charge >= 0.3 is 18.3 Å². The minimum absolute atomic E-state index is 0.113. The Bertz CT molecular complexity index is 809. The van der Waals surface area contributed by atoms with E-state index >= 15 is 0 Å². The summed E-state index contributed by atoms with van der Waals surface area (Å²) in [5.41, 5.74) is 0.599. The van der Waals surface area contributed by atoms with Gasteiger partial charge in [0.25, 0.3) is 0 Å². The van der Waals surface area contributed by atoms with Gasteiger partial charge in [0.1, 0.15) is 5.75 Å². The average Bonchev–Trinajstić information content (AvgIpc) is 2.60. The first kappa shape index (κ1) is 21.4. The van der Waals surface area contributed by atoms with Crippen molar-refractivity contribution in [3.8, 4) is 5.75 Å². The second-order valence-corrected chi connectivity index (χ2v) is 6.03. The molecule has 0 unspecified atom stereocenters. The molecule has 0 aliphatic heterocycles. The predicted octanol–water partition coefficient (Wildman–Crippen LogP) is 5.80. The van der Waals surface area contributed by atoms with Crippen LogP contribution < -0.4 is 4.74 Å². The molecule has 28 heavy (non-hydrogen) atoms. The zero-order valence-electron chi connectivity index (χ0n) is 14.5. The molecule has 0 atom stereocenters. The lowest BCUT2D eigenvalue weighted by Crippen LogP contribution is -2.21. The number of carbonyl (C=O) groups is 1. The van der Waals surface area contributed by atoms with Crippen molar-refractivity contribution in [1.29, 1.82) is 0 Å². The van der Waals surface area contributed by atoms with Gasteiger partial charge in [-0.05, 0) is 54.3 Å². The summed E-state index contributed by atoms with van der Waals surface area (Å²) in [5.74, 6) is -1.25. The maximum atomic E-state index is 14.3. The average molecular weight is 400 g/mol. The molecule has 2 aromatic rings. The van der Waals surface area contributed by atoms with E-state index < -0.39 is 30.2 Å².